The molecule has 132 valence electrons. The summed E-state index contributed by atoms with van der Waals surface area (Å²) < 4.78 is 19.2. The van der Waals surface area contributed by atoms with Crippen molar-refractivity contribution >= 4 is 5.91 Å². The number of carbonyl (C=O) groups is 1. The second kappa shape index (κ2) is 8.23. The van der Waals surface area contributed by atoms with Crippen LogP contribution >= 0.6 is 0 Å². The first kappa shape index (κ1) is 17.6. The van der Waals surface area contributed by atoms with Gasteiger partial charge in [-0.2, -0.15) is 0 Å². The first-order valence-electron chi connectivity index (χ1n) is 8.51. The third-order valence-corrected chi connectivity index (χ3v) is 4.35. The fourth-order valence-corrected chi connectivity index (χ4v) is 3.09. The van der Waals surface area contributed by atoms with Crippen LogP contribution in [0.2, 0.25) is 0 Å². The molecule has 0 aromatic heterocycles. The summed E-state index contributed by atoms with van der Waals surface area (Å²) in [4.78, 5) is 14.7. The van der Waals surface area contributed by atoms with Crippen molar-refractivity contribution in [2.24, 2.45) is 0 Å². The average Bonchev–Trinajstić information content (AvgIpc) is 3.14. The Balaban J connectivity index is 1.82. The predicted octanol–water partition coefficient (Wildman–Crippen LogP) is 3.14. The zero-order valence-electron chi connectivity index (χ0n) is 14.0. The highest BCUT2D eigenvalue weighted by molar-refractivity contribution is 5.94. The fourth-order valence-electron chi connectivity index (χ4n) is 3.09. The summed E-state index contributed by atoms with van der Waals surface area (Å²) in [6, 6.07) is 13.2. The summed E-state index contributed by atoms with van der Waals surface area (Å²) in [6.07, 6.45) is 1.93. The van der Waals surface area contributed by atoms with Gasteiger partial charge >= 0.3 is 0 Å². The lowest BCUT2D eigenvalue weighted by molar-refractivity contribution is 0.0507. The van der Waals surface area contributed by atoms with Crippen molar-refractivity contribution in [3.05, 3.63) is 71.0 Å². The van der Waals surface area contributed by atoms with Gasteiger partial charge in [-0.15, -0.1) is 0 Å². The van der Waals surface area contributed by atoms with Gasteiger partial charge in [0.05, 0.1) is 12.7 Å². The molecule has 1 aliphatic heterocycles. The lowest BCUT2D eigenvalue weighted by atomic mass is 10.1. The van der Waals surface area contributed by atoms with E-state index in [0.29, 0.717) is 30.8 Å². The monoisotopic (exact) mass is 343 g/mol. The number of halogens is 1. The number of ether oxygens (including phenoxy) is 1. The molecule has 4 nitrogen and oxygen atoms in total. The number of amides is 1. The number of rotatable bonds is 6. The zero-order chi connectivity index (χ0) is 17.6. The smallest absolute Gasteiger partial charge is 0.254 e. The molecule has 1 atom stereocenters. The molecule has 1 unspecified atom stereocenters. The van der Waals surface area contributed by atoms with E-state index in [1.54, 1.807) is 35.2 Å². The minimum absolute atomic E-state index is 0.0125. The van der Waals surface area contributed by atoms with Gasteiger partial charge in [0, 0.05) is 25.3 Å². The van der Waals surface area contributed by atoms with Crippen molar-refractivity contribution in [3.63, 3.8) is 0 Å². The van der Waals surface area contributed by atoms with E-state index >= 15 is 0 Å². The summed E-state index contributed by atoms with van der Waals surface area (Å²) in [5.74, 6) is -0.459. The van der Waals surface area contributed by atoms with E-state index < -0.39 is 0 Å². The minimum Gasteiger partial charge on any atom is -0.392 e. The van der Waals surface area contributed by atoms with Gasteiger partial charge in [-0.3, -0.25) is 4.79 Å². The molecule has 25 heavy (non-hydrogen) atoms. The Morgan fingerprint density at radius 3 is 2.72 bits per heavy atom. The SMILES string of the molecule is O=C(c1cccc(CO)c1)N(Cc1cccc(F)c1)CC1CCCO1. The Labute approximate surface area is 146 Å². The number of nitrogens with zero attached hydrogens (tertiary/aromatic N) is 1. The average molecular weight is 343 g/mol. The zero-order valence-corrected chi connectivity index (χ0v) is 14.0. The van der Waals surface area contributed by atoms with Crippen LogP contribution in [0.1, 0.15) is 34.3 Å². The van der Waals surface area contributed by atoms with Crippen LogP contribution in [0.15, 0.2) is 48.5 Å². The van der Waals surface area contributed by atoms with E-state index in [1.807, 2.05) is 6.07 Å². The number of benzene rings is 2. The summed E-state index contributed by atoms with van der Waals surface area (Å²) in [6.45, 7) is 1.39. The van der Waals surface area contributed by atoms with Gasteiger partial charge in [0.2, 0.25) is 0 Å². The van der Waals surface area contributed by atoms with Crippen LogP contribution in [0.5, 0.6) is 0 Å². The summed E-state index contributed by atoms with van der Waals surface area (Å²) in [5.41, 5.74) is 1.94. The highest BCUT2D eigenvalue weighted by Gasteiger charge is 2.24. The van der Waals surface area contributed by atoms with Crippen molar-refractivity contribution in [1.82, 2.24) is 4.90 Å². The molecule has 5 heteroatoms. The van der Waals surface area contributed by atoms with Crippen LogP contribution < -0.4 is 0 Å². The standard InChI is InChI=1S/C20H22FNO3/c21-18-7-2-4-15(11-18)12-22(13-19-8-3-9-25-19)20(24)17-6-1-5-16(10-17)14-23/h1-2,4-7,10-11,19,23H,3,8-9,12-14H2. The molecule has 0 bridgehead atoms. The summed E-state index contributed by atoms with van der Waals surface area (Å²) in [5, 5.41) is 9.29. The van der Waals surface area contributed by atoms with Gasteiger partial charge in [-0.1, -0.05) is 24.3 Å². The van der Waals surface area contributed by atoms with Crippen molar-refractivity contribution in [2.75, 3.05) is 13.2 Å². The number of aliphatic hydroxyl groups excluding tert-OH is 1. The summed E-state index contributed by atoms with van der Waals surface area (Å²) in [7, 11) is 0. The third kappa shape index (κ3) is 4.65. The Kier molecular flexibility index (Phi) is 5.79. The first-order valence-corrected chi connectivity index (χ1v) is 8.51. The van der Waals surface area contributed by atoms with Crippen molar-refractivity contribution in [3.8, 4) is 0 Å². The molecule has 1 fully saturated rings. The van der Waals surface area contributed by atoms with Gasteiger partial charge in [0.15, 0.2) is 0 Å². The molecule has 1 amide bonds. The normalized spacial score (nSPS) is 16.8. The van der Waals surface area contributed by atoms with Crippen molar-refractivity contribution < 1.29 is 19.0 Å². The van der Waals surface area contributed by atoms with E-state index in [4.69, 9.17) is 4.74 Å². The molecule has 1 aliphatic rings. The van der Waals surface area contributed by atoms with Crippen LogP contribution in [0.3, 0.4) is 0 Å². The Morgan fingerprint density at radius 1 is 1.20 bits per heavy atom. The Morgan fingerprint density at radius 2 is 2.00 bits per heavy atom. The fraction of sp³-hybridized carbons (Fsp3) is 0.350. The van der Waals surface area contributed by atoms with Crippen LogP contribution in [-0.2, 0) is 17.9 Å². The molecular formula is C20H22FNO3. The van der Waals surface area contributed by atoms with E-state index in [1.165, 1.54) is 12.1 Å². The molecule has 0 saturated carbocycles. The van der Waals surface area contributed by atoms with Crippen molar-refractivity contribution in [1.29, 1.82) is 0 Å². The number of carbonyl (C=O) groups excluding carboxylic acids is 1. The van der Waals surface area contributed by atoms with Gasteiger partial charge < -0.3 is 14.7 Å². The van der Waals surface area contributed by atoms with E-state index in [9.17, 15) is 14.3 Å². The maximum absolute atomic E-state index is 13.5. The Bertz CT molecular complexity index is 728. The minimum atomic E-state index is -0.315. The lowest BCUT2D eigenvalue weighted by Gasteiger charge is -2.26. The molecule has 1 heterocycles. The largest absolute Gasteiger partial charge is 0.392 e. The molecule has 0 spiro atoms. The predicted molar refractivity (Wildman–Crippen MR) is 92.5 cm³/mol. The maximum Gasteiger partial charge on any atom is 0.254 e. The molecule has 1 saturated heterocycles. The summed E-state index contributed by atoms with van der Waals surface area (Å²) >= 11 is 0. The molecule has 2 aromatic rings. The molecule has 3 rings (SSSR count). The van der Waals surface area contributed by atoms with E-state index in [2.05, 4.69) is 0 Å². The number of hydrogen-bond donors (Lipinski definition) is 1. The lowest BCUT2D eigenvalue weighted by Crippen LogP contribution is -2.37. The molecule has 1 N–H and O–H groups in total. The Hall–Kier alpha value is -2.24. The third-order valence-electron chi connectivity index (χ3n) is 4.35. The highest BCUT2D eigenvalue weighted by Crippen LogP contribution is 2.18. The van der Waals surface area contributed by atoms with Crippen LogP contribution in [-0.4, -0.2) is 35.2 Å². The first-order chi connectivity index (χ1) is 12.2. The van der Waals surface area contributed by atoms with Gasteiger partial charge in [-0.25, -0.2) is 4.39 Å². The van der Waals surface area contributed by atoms with Gasteiger partial charge in [-0.05, 0) is 48.2 Å². The molecule has 2 aromatic carbocycles. The topological polar surface area (TPSA) is 49.8 Å². The number of hydrogen-bond acceptors (Lipinski definition) is 3. The molecular weight excluding hydrogens is 321 g/mol. The molecule has 0 radical (unpaired) electrons. The molecule has 0 aliphatic carbocycles. The maximum atomic E-state index is 13.5. The highest BCUT2D eigenvalue weighted by atomic mass is 19.1. The quantitative estimate of drug-likeness (QED) is 0.877. The van der Waals surface area contributed by atoms with Crippen LogP contribution in [0.4, 0.5) is 4.39 Å². The van der Waals surface area contributed by atoms with E-state index in [-0.39, 0.29) is 24.4 Å². The van der Waals surface area contributed by atoms with Crippen LogP contribution in [0.25, 0.3) is 0 Å². The second-order valence-electron chi connectivity index (χ2n) is 6.31. The van der Waals surface area contributed by atoms with Crippen LogP contribution in [0, 0.1) is 5.82 Å². The van der Waals surface area contributed by atoms with Gasteiger partial charge in [0.1, 0.15) is 5.82 Å². The van der Waals surface area contributed by atoms with Gasteiger partial charge in [0.25, 0.3) is 5.91 Å². The van der Waals surface area contributed by atoms with E-state index in [0.717, 1.165) is 18.4 Å². The van der Waals surface area contributed by atoms with Crippen molar-refractivity contribution in [2.45, 2.75) is 32.1 Å². The number of aliphatic hydroxyl groups is 1. The second-order valence-corrected chi connectivity index (χ2v) is 6.31.